The molecule has 1 saturated heterocycles. The Morgan fingerprint density at radius 1 is 1.45 bits per heavy atom. The molecule has 2 rings (SSSR count). The summed E-state index contributed by atoms with van der Waals surface area (Å²) < 4.78 is 4.76. The average Bonchev–Trinajstić information content (AvgIpc) is 2.84. The van der Waals surface area contributed by atoms with Crippen LogP contribution in [0.5, 0.6) is 0 Å². The van der Waals surface area contributed by atoms with E-state index in [1.165, 1.54) is 10.5 Å². The largest absolute Gasteiger partial charge is 0.447 e. The lowest BCUT2D eigenvalue weighted by molar-refractivity contribution is -0.127. The molecule has 1 heterocycles. The second kappa shape index (κ2) is 6.99. The minimum absolute atomic E-state index is 0.145. The molecule has 2 amide bonds. The first kappa shape index (κ1) is 15.2. The molecule has 108 valence electrons. The smallest absolute Gasteiger partial charge is 0.416 e. The van der Waals surface area contributed by atoms with Gasteiger partial charge in [-0.1, -0.05) is 30.7 Å². The lowest BCUT2D eigenvalue weighted by Gasteiger charge is -2.14. The fraction of sp³-hybridized carbons (Fsp3) is 0.429. The van der Waals surface area contributed by atoms with Gasteiger partial charge in [0.1, 0.15) is 6.61 Å². The Morgan fingerprint density at radius 2 is 2.15 bits per heavy atom. The number of benzene rings is 1. The van der Waals surface area contributed by atoms with Crippen molar-refractivity contribution < 1.29 is 14.3 Å². The van der Waals surface area contributed by atoms with Crippen molar-refractivity contribution in [2.45, 2.75) is 24.3 Å². The first-order valence-corrected chi connectivity index (χ1v) is 7.82. The molecule has 1 aromatic carbocycles. The quantitative estimate of drug-likeness (QED) is 0.836. The Kier molecular flexibility index (Phi) is 5.31. The van der Waals surface area contributed by atoms with Gasteiger partial charge in [-0.25, -0.2) is 9.69 Å². The predicted octanol–water partition coefficient (Wildman–Crippen LogP) is 3.33. The van der Waals surface area contributed by atoms with Crippen LogP contribution in [-0.2, 0) is 15.3 Å². The average molecular weight is 314 g/mol. The minimum Gasteiger partial charge on any atom is -0.447 e. The third-order valence-electron chi connectivity index (χ3n) is 2.97. The molecule has 0 aromatic heterocycles. The van der Waals surface area contributed by atoms with Crippen LogP contribution in [0, 0.1) is 0 Å². The SMILES string of the molecule is C[C@H](CC(=O)N1CCOC1=O)SCc1ccc(Cl)cc1. The summed E-state index contributed by atoms with van der Waals surface area (Å²) in [5, 5.41) is 0.862. The zero-order valence-corrected chi connectivity index (χ0v) is 12.7. The second-order valence-electron chi connectivity index (χ2n) is 4.61. The summed E-state index contributed by atoms with van der Waals surface area (Å²) in [5.74, 6) is 0.652. The minimum atomic E-state index is -0.523. The molecule has 4 nitrogen and oxygen atoms in total. The number of amides is 2. The Labute approximate surface area is 127 Å². The van der Waals surface area contributed by atoms with E-state index in [0.717, 1.165) is 10.8 Å². The van der Waals surface area contributed by atoms with Gasteiger partial charge in [0.15, 0.2) is 0 Å². The van der Waals surface area contributed by atoms with Crippen LogP contribution in [0.1, 0.15) is 18.9 Å². The van der Waals surface area contributed by atoms with E-state index in [1.54, 1.807) is 11.8 Å². The zero-order valence-electron chi connectivity index (χ0n) is 11.2. The molecule has 0 unspecified atom stereocenters. The zero-order chi connectivity index (χ0) is 14.5. The molecule has 1 aliphatic heterocycles. The van der Waals surface area contributed by atoms with Crippen molar-refractivity contribution in [2.75, 3.05) is 13.2 Å². The van der Waals surface area contributed by atoms with E-state index in [4.69, 9.17) is 16.3 Å². The summed E-state index contributed by atoms with van der Waals surface area (Å²) in [6, 6.07) is 7.66. The Balaban J connectivity index is 1.77. The van der Waals surface area contributed by atoms with E-state index in [9.17, 15) is 9.59 Å². The molecule has 1 aliphatic rings. The number of carbonyl (C=O) groups excluding carboxylic acids is 2. The molecule has 0 radical (unpaired) electrons. The highest BCUT2D eigenvalue weighted by Gasteiger charge is 2.28. The van der Waals surface area contributed by atoms with Crippen LogP contribution in [0.3, 0.4) is 0 Å². The second-order valence-corrected chi connectivity index (χ2v) is 6.48. The summed E-state index contributed by atoms with van der Waals surface area (Å²) in [7, 11) is 0. The van der Waals surface area contributed by atoms with E-state index in [1.807, 2.05) is 31.2 Å². The Bertz CT molecular complexity index is 492. The molecule has 0 bridgehead atoms. The molecule has 0 saturated carbocycles. The van der Waals surface area contributed by atoms with Crippen LogP contribution >= 0.6 is 23.4 Å². The molecule has 0 N–H and O–H groups in total. The first-order chi connectivity index (χ1) is 9.56. The van der Waals surface area contributed by atoms with Crippen LogP contribution in [0.25, 0.3) is 0 Å². The lowest BCUT2D eigenvalue weighted by Crippen LogP contribution is -2.33. The molecule has 0 spiro atoms. The predicted molar refractivity (Wildman–Crippen MR) is 79.9 cm³/mol. The Morgan fingerprint density at radius 3 is 2.75 bits per heavy atom. The highest BCUT2D eigenvalue weighted by atomic mass is 35.5. The highest BCUT2D eigenvalue weighted by Crippen LogP contribution is 2.22. The number of hydrogen-bond acceptors (Lipinski definition) is 4. The summed E-state index contributed by atoms with van der Waals surface area (Å²) in [6.07, 6.45) is -0.183. The monoisotopic (exact) mass is 313 g/mol. The van der Waals surface area contributed by atoms with E-state index >= 15 is 0 Å². The molecular weight excluding hydrogens is 298 g/mol. The number of ether oxygens (including phenoxy) is 1. The number of hydrogen-bond donors (Lipinski definition) is 0. The Hall–Kier alpha value is -1.20. The maximum Gasteiger partial charge on any atom is 0.416 e. The van der Waals surface area contributed by atoms with Crippen LogP contribution in [0.15, 0.2) is 24.3 Å². The summed E-state index contributed by atoms with van der Waals surface area (Å²) in [5.41, 5.74) is 1.17. The van der Waals surface area contributed by atoms with E-state index in [0.29, 0.717) is 19.6 Å². The number of thioether (sulfide) groups is 1. The van der Waals surface area contributed by atoms with Crippen molar-refractivity contribution in [1.82, 2.24) is 4.90 Å². The molecule has 1 aromatic rings. The number of halogens is 1. The van der Waals surface area contributed by atoms with Crippen molar-refractivity contribution in [3.8, 4) is 0 Å². The van der Waals surface area contributed by atoms with Gasteiger partial charge in [-0.15, -0.1) is 0 Å². The third-order valence-corrected chi connectivity index (χ3v) is 4.46. The van der Waals surface area contributed by atoms with Crippen molar-refractivity contribution in [3.63, 3.8) is 0 Å². The number of nitrogens with zero attached hydrogens (tertiary/aromatic N) is 1. The fourth-order valence-electron chi connectivity index (χ4n) is 1.85. The van der Waals surface area contributed by atoms with Gasteiger partial charge in [-0.3, -0.25) is 4.79 Å². The van der Waals surface area contributed by atoms with Crippen LogP contribution in [0.2, 0.25) is 5.02 Å². The molecule has 20 heavy (non-hydrogen) atoms. The van der Waals surface area contributed by atoms with E-state index < -0.39 is 6.09 Å². The van der Waals surface area contributed by atoms with Crippen molar-refractivity contribution in [2.24, 2.45) is 0 Å². The molecule has 1 fully saturated rings. The standard InChI is InChI=1S/C14H16ClNO3S/c1-10(8-13(17)16-6-7-19-14(16)18)20-9-11-2-4-12(15)5-3-11/h2-5,10H,6-9H2,1H3/t10-/m1/s1. The van der Waals surface area contributed by atoms with Crippen LogP contribution in [0.4, 0.5) is 4.79 Å². The van der Waals surface area contributed by atoms with Gasteiger partial charge < -0.3 is 4.74 Å². The summed E-state index contributed by atoms with van der Waals surface area (Å²) in [6.45, 7) is 2.66. The highest BCUT2D eigenvalue weighted by molar-refractivity contribution is 7.99. The summed E-state index contributed by atoms with van der Waals surface area (Å²) >= 11 is 7.51. The van der Waals surface area contributed by atoms with Gasteiger partial charge in [0, 0.05) is 22.4 Å². The van der Waals surface area contributed by atoms with Crippen LogP contribution < -0.4 is 0 Å². The van der Waals surface area contributed by atoms with Gasteiger partial charge in [-0.2, -0.15) is 11.8 Å². The van der Waals surface area contributed by atoms with E-state index in [-0.39, 0.29) is 11.2 Å². The fourth-order valence-corrected chi connectivity index (χ4v) is 2.91. The van der Waals surface area contributed by atoms with E-state index in [2.05, 4.69) is 0 Å². The molecular formula is C14H16ClNO3S. The van der Waals surface area contributed by atoms with Gasteiger partial charge in [0.2, 0.25) is 5.91 Å². The van der Waals surface area contributed by atoms with Gasteiger partial charge >= 0.3 is 6.09 Å². The number of imide groups is 1. The number of carbonyl (C=O) groups is 2. The number of cyclic esters (lactones) is 1. The van der Waals surface area contributed by atoms with Gasteiger partial charge in [0.05, 0.1) is 6.54 Å². The topological polar surface area (TPSA) is 46.6 Å². The normalized spacial score (nSPS) is 16.1. The first-order valence-electron chi connectivity index (χ1n) is 6.39. The van der Waals surface area contributed by atoms with Crippen molar-refractivity contribution >= 4 is 35.4 Å². The molecule has 0 aliphatic carbocycles. The molecule has 6 heteroatoms. The lowest BCUT2D eigenvalue weighted by atomic mass is 10.2. The summed E-state index contributed by atoms with van der Waals surface area (Å²) in [4.78, 5) is 24.4. The van der Waals surface area contributed by atoms with Crippen LogP contribution in [-0.4, -0.2) is 35.3 Å². The number of rotatable bonds is 5. The molecule has 1 atom stereocenters. The maximum absolute atomic E-state index is 11.9. The van der Waals surface area contributed by atoms with Gasteiger partial charge in [-0.05, 0) is 17.7 Å². The third kappa shape index (κ3) is 4.15. The van der Waals surface area contributed by atoms with Gasteiger partial charge in [0.25, 0.3) is 0 Å². The van der Waals surface area contributed by atoms with Crippen molar-refractivity contribution in [3.05, 3.63) is 34.9 Å². The van der Waals surface area contributed by atoms with Crippen molar-refractivity contribution in [1.29, 1.82) is 0 Å². The maximum atomic E-state index is 11.9.